The third kappa shape index (κ3) is 5.86. The lowest BCUT2D eigenvalue weighted by Crippen LogP contribution is -2.14. The van der Waals surface area contributed by atoms with E-state index >= 15 is 0 Å². The Hall–Kier alpha value is -3.25. The quantitative estimate of drug-likeness (QED) is 0.543. The first kappa shape index (κ1) is 20.5. The van der Waals surface area contributed by atoms with E-state index in [0.29, 0.717) is 17.0 Å². The van der Waals surface area contributed by atoms with E-state index in [1.807, 2.05) is 49.4 Å². The number of thioether (sulfide) groups is 1. The summed E-state index contributed by atoms with van der Waals surface area (Å²) in [5, 5.41) is 5.75. The van der Waals surface area contributed by atoms with Crippen molar-refractivity contribution in [1.29, 1.82) is 0 Å². The molecule has 0 aliphatic rings. The Morgan fingerprint density at radius 2 is 1.48 bits per heavy atom. The van der Waals surface area contributed by atoms with Crippen LogP contribution in [0.15, 0.2) is 77.7 Å². The predicted octanol–water partition coefficient (Wildman–Crippen LogP) is 4.99. The maximum absolute atomic E-state index is 12.4. The molecule has 6 heteroatoms. The van der Waals surface area contributed by atoms with E-state index in [0.717, 1.165) is 21.9 Å². The highest BCUT2D eigenvalue weighted by molar-refractivity contribution is 8.00. The molecule has 2 N–H and O–H groups in total. The second kappa shape index (κ2) is 9.80. The van der Waals surface area contributed by atoms with Crippen molar-refractivity contribution in [2.75, 3.05) is 23.5 Å². The molecule has 0 bridgehead atoms. The monoisotopic (exact) mass is 406 g/mol. The molecule has 29 heavy (non-hydrogen) atoms. The van der Waals surface area contributed by atoms with Gasteiger partial charge in [-0.1, -0.05) is 18.2 Å². The van der Waals surface area contributed by atoms with Crippen molar-refractivity contribution < 1.29 is 14.3 Å². The minimum atomic E-state index is -0.137. The van der Waals surface area contributed by atoms with E-state index in [1.54, 1.807) is 37.4 Å². The molecule has 0 saturated carbocycles. The molecule has 0 saturated heterocycles. The third-order valence-corrected chi connectivity index (χ3v) is 5.26. The molecule has 3 aromatic rings. The Balaban J connectivity index is 1.50. The lowest BCUT2D eigenvalue weighted by atomic mass is 10.1. The van der Waals surface area contributed by atoms with E-state index in [1.165, 1.54) is 11.8 Å². The molecule has 0 unspecified atom stereocenters. The van der Waals surface area contributed by atoms with Crippen LogP contribution in [0.25, 0.3) is 0 Å². The molecule has 0 aromatic heterocycles. The summed E-state index contributed by atoms with van der Waals surface area (Å²) >= 11 is 1.43. The summed E-state index contributed by atoms with van der Waals surface area (Å²) in [5.41, 5.74) is 3.03. The van der Waals surface area contributed by atoms with Crippen molar-refractivity contribution in [3.63, 3.8) is 0 Å². The van der Waals surface area contributed by atoms with Crippen LogP contribution in [0.5, 0.6) is 5.75 Å². The SMILES string of the molecule is COc1ccc(NC(=O)CSc2ccc(NC(=O)c3ccccc3C)cc2)cc1. The Kier molecular flexibility index (Phi) is 6.92. The highest BCUT2D eigenvalue weighted by Crippen LogP contribution is 2.22. The summed E-state index contributed by atoms with van der Waals surface area (Å²) in [4.78, 5) is 25.4. The molecule has 0 fully saturated rings. The average molecular weight is 407 g/mol. The van der Waals surface area contributed by atoms with E-state index < -0.39 is 0 Å². The van der Waals surface area contributed by atoms with Crippen molar-refractivity contribution in [3.05, 3.63) is 83.9 Å². The van der Waals surface area contributed by atoms with Crippen LogP contribution in [0.2, 0.25) is 0 Å². The highest BCUT2D eigenvalue weighted by Gasteiger charge is 2.09. The number of carbonyl (C=O) groups excluding carboxylic acids is 2. The van der Waals surface area contributed by atoms with Gasteiger partial charge in [0, 0.05) is 21.8 Å². The highest BCUT2D eigenvalue weighted by atomic mass is 32.2. The molecule has 0 aliphatic heterocycles. The summed E-state index contributed by atoms with van der Waals surface area (Å²) in [6.45, 7) is 1.91. The number of hydrogen-bond acceptors (Lipinski definition) is 4. The number of rotatable bonds is 7. The number of carbonyl (C=O) groups is 2. The maximum Gasteiger partial charge on any atom is 0.255 e. The van der Waals surface area contributed by atoms with Crippen molar-refractivity contribution in [2.45, 2.75) is 11.8 Å². The first-order chi connectivity index (χ1) is 14.0. The second-order valence-corrected chi connectivity index (χ2v) is 7.41. The topological polar surface area (TPSA) is 67.4 Å². The van der Waals surface area contributed by atoms with Gasteiger partial charge in [0.2, 0.25) is 5.91 Å². The van der Waals surface area contributed by atoms with Crippen LogP contribution in [0.3, 0.4) is 0 Å². The number of methoxy groups -OCH3 is 1. The zero-order valence-corrected chi connectivity index (χ0v) is 17.1. The lowest BCUT2D eigenvalue weighted by Gasteiger charge is -2.09. The van der Waals surface area contributed by atoms with Crippen LogP contribution in [-0.2, 0) is 4.79 Å². The first-order valence-corrected chi connectivity index (χ1v) is 10.1. The van der Waals surface area contributed by atoms with E-state index in [-0.39, 0.29) is 11.8 Å². The molecule has 0 radical (unpaired) electrons. The van der Waals surface area contributed by atoms with Gasteiger partial charge >= 0.3 is 0 Å². The van der Waals surface area contributed by atoms with E-state index in [2.05, 4.69) is 10.6 Å². The van der Waals surface area contributed by atoms with Crippen LogP contribution >= 0.6 is 11.8 Å². The number of anilines is 2. The van der Waals surface area contributed by atoms with Gasteiger partial charge in [-0.25, -0.2) is 0 Å². The van der Waals surface area contributed by atoms with Crippen molar-refractivity contribution in [3.8, 4) is 5.75 Å². The van der Waals surface area contributed by atoms with Gasteiger partial charge in [-0.3, -0.25) is 9.59 Å². The number of benzene rings is 3. The van der Waals surface area contributed by atoms with Gasteiger partial charge in [0.1, 0.15) is 5.75 Å². The summed E-state index contributed by atoms with van der Waals surface area (Å²) in [7, 11) is 1.60. The predicted molar refractivity (Wildman–Crippen MR) is 118 cm³/mol. The molecular weight excluding hydrogens is 384 g/mol. The third-order valence-electron chi connectivity index (χ3n) is 4.25. The van der Waals surface area contributed by atoms with Crippen molar-refractivity contribution in [2.24, 2.45) is 0 Å². The Morgan fingerprint density at radius 1 is 0.862 bits per heavy atom. The average Bonchev–Trinajstić information content (AvgIpc) is 2.74. The zero-order valence-electron chi connectivity index (χ0n) is 16.3. The van der Waals surface area contributed by atoms with Crippen LogP contribution in [0, 0.1) is 6.92 Å². The molecule has 0 spiro atoms. The normalized spacial score (nSPS) is 10.3. The molecule has 5 nitrogen and oxygen atoms in total. The van der Waals surface area contributed by atoms with Gasteiger partial charge in [-0.15, -0.1) is 11.8 Å². The van der Waals surface area contributed by atoms with Crippen LogP contribution in [0.1, 0.15) is 15.9 Å². The van der Waals surface area contributed by atoms with Gasteiger partial charge in [-0.05, 0) is 67.1 Å². The Labute approximate surface area is 174 Å². The minimum absolute atomic E-state index is 0.0860. The fourth-order valence-corrected chi connectivity index (χ4v) is 3.38. The number of aryl methyl sites for hydroxylation is 1. The van der Waals surface area contributed by atoms with Crippen LogP contribution < -0.4 is 15.4 Å². The number of nitrogens with one attached hydrogen (secondary N) is 2. The second-order valence-electron chi connectivity index (χ2n) is 6.36. The van der Waals surface area contributed by atoms with Crippen LogP contribution in [-0.4, -0.2) is 24.7 Å². The standard InChI is InChI=1S/C23H22N2O3S/c1-16-5-3-4-6-21(16)23(27)25-18-9-13-20(14-10-18)29-15-22(26)24-17-7-11-19(28-2)12-8-17/h3-14H,15H2,1-2H3,(H,24,26)(H,25,27). The van der Waals surface area contributed by atoms with Crippen molar-refractivity contribution in [1.82, 2.24) is 0 Å². The molecule has 3 rings (SSSR count). The Bertz CT molecular complexity index is 986. The zero-order chi connectivity index (χ0) is 20.6. The fourth-order valence-electron chi connectivity index (χ4n) is 2.68. The van der Waals surface area contributed by atoms with Gasteiger partial charge in [0.15, 0.2) is 0 Å². The smallest absolute Gasteiger partial charge is 0.255 e. The number of amides is 2. The summed E-state index contributed by atoms with van der Waals surface area (Å²) in [5.74, 6) is 0.812. The lowest BCUT2D eigenvalue weighted by molar-refractivity contribution is -0.113. The summed E-state index contributed by atoms with van der Waals surface area (Å²) in [6.07, 6.45) is 0. The largest absolute Gasteiger partial charge is 0.497 e. The molecule has 3 aromatic carbocycles. The molecule has 0 atom stereocenters. The molecule has 0 heterocycles. The van der Waals surface area contributed by atoms with Gasteiger partial charge < -0.3 is 15.4 Å². The van der Waals surface area contributed by atoms with Gasteiger partial charge in [-0.2, -0.15) is 0 Å². The molecule has 0 aliphatic carbocycles. The maximum atomic E-state index is 12.4. The summed E-state index contributed by atoms with van der Waals surface area (Å²) < 4.78 is 5.10. The van der Waals surface area contributed by atoms with Crippen molar-refractivity contribution >= 4 is 35.0 Å². The van der Waals surface area contributed by atoms with Gasteiger partial charge in [0.25, 0.3) is 5.91 Å². The van der Waals surface area contributed by atoms with E-state index in [9.17, 15) is 9.59 Å². The fraction of sp³-hybridized carbons (Fsp3) is 0.130. The number of ether oxygens (including phenoxy) is 1. The van der Waals surface area contributed by atoms with E-state index in [4.69, 9.17) is 4.74 Å². The Morgan fingerprint density at radius 3 is 2.14 bits per heavy atom. The molecule has 2 amide bonds. The molecular formula is C23H22N2O3S. The first-order valence-electron chi connectivity index (χ1n) is 9.09. The van der Waals surface area contributed by atoms with Crippen LogP contribution in [0.4, 0.5) is 11.4 Å². The minimum Gasteiger partial charge on any atom is -0.497 e. The molecule has 148 valence electrons. The summed E-state index contributed by atoms with van der Waals surface area (Å²) in [6, 6.07) is 22.1. The number of hydrogen-bond donors (Lipinski definition) is 2. The van der Waals surface area contributed by atoms with Gasteiger partial charge in [0.05, 0.1) is 12.9 Å².